The molecule has 0 saturated heterocycles. The molecule has 0 aliphatic heterocycles. The molecule has 0 heterocycles. The van der Waals surface area contributed by atoms with Crippen LogP contribution in [0.1, 0.15) is 19.4 Å². The van der Waals surface area contributed by atoms with E-state index in [4.69, 9.17) is 4.74 Å². The second-order valence-electron chi connectivity index (χ2n) is 5.16. The van der Waals surface area contributed by atoms with Crippen LogP contribution in [0.2, 0.25) is 0 Å². The first-order valence-corrected chi connectivity index (χ1v) is 8.15. The molecule has 0 radical (unpaired) electrons. The molecule has 2 rings (SSSR count). The van der Waals surface area contributed by atoms with Gasteiger partial charge in [-0.25, -0.2) is 8.78 Å². The molecule has 0 saturated carbocycles. The lowest BCUT2D eigenvalue weighted by molar-refractivity contribution is -0.116. The molecule has 26 heavy (non-hydrogen) atoms. The van der Waals surface area contributed by atoms with Crippen molar-refractivity contribution in [1.29, 1.82) is 0 Å². The molecule has 0 atom stereocenters. The highest BCUT2D eigenvalue weighted by atomic mass is 19.1. The van der Waals surface area contributed by atoms with Crippen LogP contribution in [-0.2, 0) is 11.2 Å². The van der Waals surface area contributed by atoms with Crippen molar-refractivity contribution in [3.05, 3.63) is 91.2 Å². The first kappa shape index (κ1) is 21.0. The van der Waals surface area contributed by atoms with Crippen molar-refractivity contribution in [2.45, 2.75) is 20.3 Å². The molecule has 2 nitrogen and oxygen atoms in total. The van der Waals surface area contributed by atoms with Crippen LogP contribution in [0.5, 0.6) is 5.75 Å². The Bertz CT molecular complexity index is 718. The van der Waals surface area contributed by atoms with E-state index in [2.05, 4.69) is 19.7 Å². The highest BCUT2D eigenvalue weighted by molar-refractivity contribution is 5.94. The molecule has 0 unspecified atom stereocenters. The van der Waals surface area contributed by atoms with Crippen LogP contribution in [0.4, 0.5) is 8.78 Å². The third-order valence-electron chi connectivity index (χ3n) is 3.35. The minimum Gasteiger partial charge on any atom is -0.455 e. The molecule has 0 bridgehead atoms. The molecule has 0 aromatic heterocycles. The van der Waals surface area contributed by atoms with E-state index >= 15 is 0 Å². The van der Waals surface area contributed by atoms with Crippen LogP contribution in [0.3, 0.4) is 0 Å². The number of allylic oxidation sites excluding steroid dienone is 2. The highest BCUT2D eigenvalue weighted by Crippen LogP contribution is 2.24. The number of hydrogen-bond donors (Lipinski definition) is 0. The Kier molecular flexibility index (Phi) is 8.16. The predicted molar refractivity (Wildman–Crippen MR) is 102 cm³/mol. The number of carbonyl (C=O) groups is 1. The summed E-state index contributed by atoms with van der Waals surface area (Å²) < 4.78 is 30.7. The van der Waals surface area contributed by atoms with Gasteiger partial charge >= 0.3 is 0 Å². The Labute approximate surface area is 153 Å². The topological polar surface area (TPSA) is 26.3 Å². The first-order chi connectivity index (χ1) is 12.4. The molecule has 0 N–H and O–H groups in total. The Morgan fingerprint density at radius 2 is 1.31 bits per heavy atom. The number of carbonyl (C=O) groups excluding carboxylic acids is 1. The summed E-state index contributed by atoms with van der Waals surface area (Å²) in [5.41, 5.74) is 2.55. The largest absolute Gasteiger partial charge is 0.455 e. The van der Waals surface area contributed by atoms with Gasteiger partial charge in [-0.15, -0.1) is 0 Å². The average Bonchev–Trinajstić information content (AvgIpc) is 2.64. The van der Waals surface area contributed by atoms with Crippen LogP contribution in [-0.4, -0.2) is 5.78 Å². The lowest BCUT2D eigenvalue weighted by Gasteiger charge is -2.08. The van der Waals surface area contributed by atoms with Crippen LogP contribution >= 0.6 is 0 Å². The standard InChI is InChI=1S/C20H16F2O2.C2H6/c1-13(21)15(3)24-19-10-8-18(9-11-19)17-6-4-16(5-7-17)12-20(23)14(2)22;1-2/h4-11H,1-3,12H2;1-2H3. The molecule has 2 aromatic carbocycles. The quantitative estimate of drug-likeness (QED) is 0.328. The first-order valence-electron chi connectivity index (χ1n) is 8.15. The molecule has 2 aromatic rings. The van der Waals surface area contributed by atoms with Crippen LogP contribution in [0.15, 0.2) is 85.7 Å². The Hall–Kier alpha value is -3.01. The maximum absolute atomic E-state index is 12.8. The molecule has 0 aliphatic carbocycles. The molecule has 0 amide bonds. The summed E-state index contributed by atoms with van der Waals surface area (Å²) in [4.78, 5) is 11.3. The van der Waals surface area contributed by atoms with Gasteiger partial charge in [-0.1, -0.05) is 70.0 Å². The fourth-order valence-corrected chi connectivity index (χ4v) is 2.01. The zero-order chi connectivity index (χ0) is 19.7. The maximum atomic E-state index is 12.8. The van der Waals surface area contributed by atoms with E-state index in [0.29, 0.717) is 11.3 Å². The van der Waals surface area contributed by atoms with Gasteiger partial charge in [0.1, 0.15) is 5.75 Å². The molecule has 0 spiro atoms. The van der Waals surface area contributed by atoms with Gasteiger partial charge in [0.25, 0.3) is 0 Å². The molecule has 136 valence electrons. The molecule has 0 fully saturated rings. The van der Waals surface area contributed by atoms with Crippen molar-refractivity contribution in [2.75, 3.05) is 0 Å². The summed E-state index contributed by atoms with van der Waals surface area (Å²) >= 11 is 0. The Balaban J connectivity index is 0.00000163. The summed E-state index contributed by atoms with van der Waals surface area (Å²) in [7, 11) is 0. The third kappa shape index (κ3) is 6.13. The second kappa shape index (κ2) is 10.1. The molecular weight excluding hydrogens is 334 g/mol. The number of benzene rings is 2. The minimum absolute atomic E-state index is 0.0162. The Morgan fingerprint density at radius 3 is 1.73 bits per heavy atom. The van der Waals surface area contributed by atoms with E-state index in [-0.39, 0.29) is 12.2 Å². The van der Waals surface area contributed by atoms with E-state index in [1.165, 1.54) is 0 Å². The van der Waals surface area contributed by atoms with Crippen molar-refractivity contribution in [2.24, 2.45) is 0 Å². The van der Waals surface area contributed by atoms with E-state index in [0.717, 1.165) is 11.1 Å². The second-order valence-corrected chi connectivity index (χ2v) is 5.16. The van der Waals surface area contributed by atoms with Gasteiger partial charge in [0.05, 0.1) is 0 Å². The molecular formula is C22H22F2O2. The van der Waals surface area contributed by atoms with Crippen molar-refractivity contribution < 1.29 is 18.3 Å². The van der Waals surface area contributed by atoms with Crippen molar-refractivity contribution in [1.82, 2.24) is 0 Å². The van der Waals surface area contributed by atoms with E-state index in [9.17, 15) is 13.6 Å². The van der Waals surface area contributed by atoms with E-state index < -0.39 is 17.4 Å². The fraction of sp³-hybridized carbons (Fsp3) is 0.136. The molecule has 4 heteroatoms. The fourth-order valence-electron chi connectivity index (χ4n) is 2.01. The van der Waals surface area contributed by atoms with Crippen molar-refractivity contribution in [3.8, 4) is 16.9 Å². The zero-order valence-electron chi connectivity index (χ0n) is 15.0. The summed E-state index contributed by atoms with van der Waals surface area (Å²) in [5, 5.41) is 0. The number of rotatable bonds is 7. The summed E-state index contributed by atoms with van der Waals surface area (Å²) in [6.07, 6.45) is -0.0162. The summed E-state index contributed by atoms with van der Waals surface area (Å²) in [6, 6.07) is 14.2. The van der Waals surface area contributed by atoms with Gasteiger partial charge in [0.15, 0.2) is 23.2 Å². The normalized spacial score (nSPS) is 9.54. The van der Waals surface area contributed by atoms with Crippen molar-refractivity contribution in [3.63, 3.8) is 0 Å². The molecule has 0 aliphatic rings. The number of Topliss-reactive ketones (excluding diaryl/α,β-unsaturated/α-hetero) is 1. The number of halogens is 2. The summed E-state index contributed by atoms with van der Waals surface area (Å²) in [6.45, 7) is 13.5. The monoisotopic (exact) mass is 356 g/mol. The SMILES string of the molecule is C=C(F)C(=C)Oc1ccc(-c2ccc(CC(=O)C(=C)F)cc2)cc1.CC. The van der Waals surface area contributed by atoms with Gasteiger partial charge in [-0.2, -0.15) is 0 Å². The smallest absolute Gasteiger partial charge is 0.194 e. The average molecular weight is 356 g/mol. The van der Waals surface area contributed by atoms with Gasteiger partial charge in [-0.3, -0.25) is 4.79 Å². The van der Waals surface area contributed by atoms with Crippen molar-refractivity contribution >= 4 is 5.78 Å². The van der Waals surface area contributed by atoms with Crippen LogP contribution in [0.25, 0.3) is 11.1 Å². The van der Waals surface area contributed by atoms with Gasteiger partial charge in [0.2, 0.25) is 0 Å². The maximum Gasteiger partial charge on any atom is 0.194 e. The zero-order valence-corrected chi connectivity index (χ0v) is 15.0. The van der Waals surface area contributed by atoms with E-state index in [1.807, 2.05) is 38.1 Å². The number of ether oxygens (including phenoxy) is 1. The summed E-state index contributed by atoms with van der Waals surface area (Å²) in [5.74, 6) is -1.97. The van der Waals surface area contributed by atoms with Gasteiger partial charge < -0.3 is 4.74 Å². The van der Waals surface area contributed by atoms with E-state index in [1.54, 1.807) is 24.3 Å². The number of ketones is 1. The van der Waals surface area contributed by atoms with Gasteiger partial charge in [-0.05, 0) is 28.8 Å². The lowest BCUT2D eigenvalue weighted by Crippen LogP contribution is -2.01. The van der Waals surface area contributed by atoms with Gasteiger partial charge in [0, 0.05) is 6.42 Å². The minimum atomic E-state index is -0.938. The Morgan fingerprint density at radius 1 is 0.846 bits per heavy atom. The third-order valence-corrected chi connectivity index (χ3v) is 3.35. The number of hydrogen-bond acceptors (Lipinski definition) is 2. The van der Waals surface area contributed by atoms with Crippen LogP contribution < -0.4 is 4.74 Å². The highest BCUT2D eigenvalue weighted by Gasteiger charge is 2.08. The van der Waals surface area contributed by atoms with Crippen LogP contribution in [0, 0.1) is 0 Å². The predicted octanol–water partition coefficient (Wildman–Crippen LogP) is 6.35. The lowest BCUT2D eigenvalue weighted by atomic mass is 10.0.